The molecule has 3 nitrogen and oxygen atoms in total. The Hall–Kier alpha value is -1.12. The average molecular weight is 181 g/mol. The van der Waals surface area contributed by atoms with Crippen LogP contribution in [0, 0.1) is 0 Å². The van der Waals surface area contributed by atoms with Gasteiger partial charge in [-0.25, -0.2) is 0 Å². The summed E-state index contributed by atoms with van der Waals surface area (Å²) < 4.78 is 0. The van der Waals surface area contributed by atoms with E-state index < -0.39 is 0 Å². The molecule has 0 aromatic carbocycles. The van der Waals surface area contributed by atoms with Crippen molar-refractivity contribution in [3.8, 4) is 0 Å². The van der Waals surface area contributed by atoms with Crippen LogP contribution in [0.15, 0.2) is 21.9 Å². The minimum absolute atomic E-state index is 0.306. The van der Waals surface area contributed by atoms with Crippen molar-refractivity contribution in [2.75, 3.05) is 7.05 Å². The lowest BCUT2D eigenvalue weighted by atomic mass is 10.2. The van der Waals surface area contributed by atoms with Crippen LogP contribution in [0.4, 0.5) is 0 Å². The van der Waals surface area contributed by atoms with Crippen molar-refractivity contribution < 1.29 is 0 Å². The van der Waals surface area contributed by atoms with Crippen molar-refractivity contribution in [1.29, 1.82) is 0 Å². The van der Waals surface area contributed by atoms with E-state index in [9.17, 15) is 0 Å². The maximum atomic E-state index is 4.13. The third kappa shape index (κ3) is 3.01. The number of rotatable bonds is 4. The second kappa shape index (κ2) is 5.51. The largest absolute Gasteiger partial charge is 0.291 e. The smallest absolute Gasteiger partial charge is 0.0761 e. The molecule has 0 fully saturated rings. The first-order valence-electron chi connectivity index (χ1n) is 4.44. The van der Waals surface area contributed by atoms with Gasteiger partial charge in [-0.15, -0.1) is 0 Å². The Bertz CT molecular complexity index is 226. The van der Waals surface area contributed by atoms with Gasteiger partial charge in [0.1, 0.15) is 0 Å². The third-order valence-corrected chi connectivity index (χ3v) is 1.87. The Morgan fingerprint density at radius 1 is 1.46 bits per heavy atom. The first-order valence-corrected chi connectivity index (χ1v) is 4.44. The minimum atomic E-state index is 0.306. The Balaban J connectivity index is 4.86. The van der Waals surface area contributed by atoms with Gasteiger partial charge >= 0.3 is 0 Å². The summed E-state index contributed by atoms with van der Waals surface area (Å²) in [6.45, 7) is 11.6. The van der Waals surface area contributed by atoms with Crippen molar-refractivity contribution in [3.05, 3.63) is 11.8 Å². The van der Waals surface area contributed by atoms with E-state index >= 15 is 0 Å². The molecule has 0 aromatic heterocycles. The SMILES string of the molecule is C=NN(C(=CC)C(C)=NC)C(C)C. The molecule has 0 bridgehead atoms. The monoisotopic (exact) mass is 181 g/mol. The van der Waals surface area contributed by atoms with Crippen molar-refractivity contribution in [2.45, 2.75) is 33.7 Å². The molecule has 3 heteroatoms. The van der Waals surface area contributed by atoms with Crippen LogP contribution < -0.4 is 0 Å². The van der Waals surface area contributed by atoms with E-state index in [1.165, 1.54) is 0 Å². The van der Waals surface area contributed by atoms with Gasteiger partial charge < -0.3 is 0 Å². The standard InChI is InChI=1S/C10H19N3/c1-7-10(9(4)11-5)13(12-6)8(2)3/h7-8H,6H2,1-5H3. The van der Waals surface area contributed by atoms with Gasteiger partial charge in [0.15, 0.2) is 0 Å². The molecule has 13 heavy (non-hydrogen) atoms. The molecule has 0 amide bonds. The van der Waals surface area contributed by atoms with Crippen LogP contribution in [0.1, 0.15) is 27.7 Å². The predicted molar refractivity (Wildman–Crippen MR) is 59.3 cm³/mol. The first kappa shape index (κ1) is 11.9. The molecule has 0 saturated carbocycles. The zero-order valence-corrected chi connectivity index (χ0v) is 9.20. The molecule has 74 valence electrons. The van der Waals surface area contributed by atoms with Gasteiger partial charge in [0.2, 0.25) is 0 Å². The number of hydrogen-bond donors (Lipinski definition) is 0. The summed E-state index contributed by atoms with van der Waals surface area (Å²) in [5.74, 6) is 0. The number of aliphatic imine (C=N–C) groups is 1. The van der Waals surface area contributed by atoms with Crippen LogP contribution >= 0.6 is 0 Å². The van der Waals surface area contributed by atoms with Gasteiger partial charge in [0.05, 0.1) is 11.4 Å². The van der Waals surface area contributed by atoms with E-state index in [0.29, 0.717) is 6.04 Å². The van der Waals surface area contributed by atoms with Crippen LogP contribution in [0.2, 0.25) is 0 Å². The molecule has 0 rings (SSSR count). The predicted octanol–water partition coefficient (Wildman–Crippen LogP) is 2.31. The van der Waals surface area contributed by atoms with E-state index in [4.69, 9.17) is 0 Å². The lowest BCUT2D eigenvalue weighted by molar-refractivity contribution is 0.315. The second-order valence-corrected chi connectivity index (χ2v) is 3.06. The van der Waals surface area contributed by atoms with Crippen LogP contribution in [0.25, 0.3) is 0 Å². The van der Waals surface area contributed by atoms with E-state index in [0.717, 1.165) is 11.4 Å². The fourth-order valence-electron chi connectivity index (χ4n) is 1.14. The van der Waals surface area contributed by atoms with E-state index in [-0.39, 0.29) is 0 Å². The van der Waals surface area contributed by atoms with Crippen LogP contribution in [0.5, 0.6) is 0 Å². The van der Waals surface area contributed by atoms with Gasteiger partial charge in [-0.05, 0) is 27.7 Å². The summed E-state index contributed by atoms with van der Waals surface area (Å²) in [5.41, 5.74) is 2.00. The number of hydrazone groups is 1. The Morgan fingerprint density at radius 3 is 2.23 bits per heavy atom. The Labute approximate surface area is 80.9 Å². The molecule has 0 unspecified atom stereocenters. The number of allylic oxidation sites excluding steroid dienone is 2. The van der Waals surface area contributed by atoms with Crippen molar-refractivity contribution in [3.63, 3.8) is 0 Å². The first-order chi connectivity index (χ1) is 6.08. The molecule has 0 radical (unpaired) electrons. The van der Waals surface area contributed by atoms with Crippen molar-refractivity contribution in [1.82, 2.24) is 5.01 Å². The van der Waals surface area contributed by atoms with Gasteiger partial charge in [-0.3, -0.25) is 10.0 Å². The molecule has 0 aromatic rings. The zero-order chi connectivity index (χ0) is 10.4. The summed E-state index contributed by atoms with van der Waals surface area (Å²) in [7, 11) is 1.78. The maximum absolute atomic E-state index is 4.13. The highest BCUT2D eigenvalue weighted by molar-refractivity contribution is 5.97. The average Bonchev–Trinajstić information content (AvgIpc) is 2.12. The fourth-order valence-corrected chi connectivity index (χ4v) is 1.14. The van der Waals surface area contributed by atoms with E-state index in [2.05, 4.69) is 30.7 Å². The highest BCUT2D eigenvalue weighted by atomic mass is 15.5. The van der Waals surface area contributed by atoms with Gasteiger partial charge in [-0.1, -0.05) is 6.08 Å². The maximum Gasteiger partial charge on any atom is 0.0761 e. The Morgan fingerprint density at radius 2 is 2.00 bits per heavy atom. The lowest BCUT2D eigenvalue weighted by Gasteiger charge is -2.25. The summed E-state index contributed by atoms with van der Waals surface area (Å²) in [6.07, 6.45) is 2.00. The van der Waals surface area contributed by atoms with Crippen LogP contribution in [-0.4, -0.2) is 30.5 Å². The second-order valence-electron chi connectivity index (χ2n) is 3.06. The molecule has 0 heterocycles. The van der Waals surface area contributed by atoms with Crippen molar-refractivity contribution in [2.24, 2.45) is 10.1 Å². The summed E-state index contributed by atoms with van der Waals surface area (Å²) >= 11 is 0. The van der Waals surface area contributed by atoms with Crippen LogP contribution in [-0.2, 0) is 0 Å². The quantitative estimate of drug-likeness (QED) is 0.483. The number of nitrogens with zero attached hydrogens (tertiary/aromatic N) is 3. The molecule has 0 spiro atoms. The van der Waals surface area contributed by atoms with E-state index in [1.54, 1.807) is 7.05 Å². The lowest BCUT2D eigenvalue weighted by Crippen LogP contribution is -2.27. The molecule has 0 aliphatic carbocycles. The van der Waals surface area contributed by atoms with E-state index in [1.807, 2.05) is 24.9 Å². The molecule has 0 N–H and O–H groups in total. The molecule has 0 saturated heterocycles. The summed E-state index contributed by atoms with van der Waals surface area (Å²) in [4.78, 5) is 4.13. The summed E-state index contributed by atoms with van der Waals surface area (Å²) in [6, 6.07) is 0.306. The molecule has 0 aliphatic rings. The molecular weight excluding hydrogens is 162 g/mol. The fraction of sp³-hybridized carbons (Fsp3) is 0.600. The molecular formula is C10H19N3. The van der Waals surface area contributed by atoms with Crippen molar-refractivity contribution >= 4 is 12.4 Å². The summed E-state index contributed by atoms with van der Waals surface area (Å²) in [5, 5.41) is 5.83. The third-order valence-electron chi connectivity index (χ3n) is 1.87. The van der Waals surface area contributed by atoms with Gasteiger partial charge in [0.25, 0.3) is 0 Å². The molecule has 0 atom stereocenters. The zero-order valence-electron chi connectivity index (χ0n) is 9.20. The topological polar surface area (TPSA) is 28.0 Å². The van der Waals surface area contributed by atoms with Gasteiger partial charge in [0, 0.05) is 19.8 Å². The van der Waals surface area contributed by atoms with Gasteiger partial charge in [-0.2, -0.15) is 5.10 Å². The minimum Gasteiger partial charge on any atom is -0.291 e. The highest BCUT2D eigenvalue weighted by Crippen LogP contribution is 2.11. The molecule has 0 aliphatic heterocycles. The Kier molecular flexibility index (Phi) is 5.04. The normalized spacial score (nSPS) is 13.4. The number of hydrogen-bond acceptors (Lipinski definition) is 3. The highest BCUT2D eigenvalue weighted by Gasteiger charge is 2.12. The van der Waals surface area contributed by atoms with Crippen LogP contribution in [0.3, 0.4) is 0 Å².